The second kappa shape index (κ2) is 6.81. The molecule has 0 aliphatic heterocycles. The molecule has 0 bridgehead atoms. The van der Waals surface area contributed by atoms with E-state index in [4.69, 9.17) is 5.11 Å². The summed E-state index contributed by atoms with van der Waals surface area (Å²) in [5.74, 6) is -33.9. The minimum atomic E-state index is -9.21. The Balaban J connectivity index is 7.50. The van der Waals surface area contributed by atoms with Crippen LogP contribution in [0.4, 0.5) is 83.4 Å². The fourth-order valence-corrected chi connectivity index (χ4v) is 1.85. The van der Waals surface area contributed by atoms with Gasteiger partial charge in [0.2, 0.25) is 0 Å². The first-order chi connectivity index (χ1) is 12.6. The molecule has 30 heavy (non-hydrogen) atoms. The van der Waals surface area contributed by atoms with Crippen molar-refractivity contribution in [3.8, 4) is 0 Å². The number of halogens is 19. The summed E-state index contributed by atoms with van der Waals surface area (Å²) in [5, 5.41) is 7.82. The average Bonchev–Trinajstić information content (AvgIpc) is 2.48. The monoisotopic (exact) mass is 500 g/mol. The molecule has 0 radical (unpaired) electrons. The lowest BCUT2D eigenvalue weighted by Crippen LogP contribution is -2.81. The highest BCUT2D eigenvalue weighted by molar-refractivity contribution is 5.23. The molecule has 0 spiro atoms. The van der Waals surface area contributed by atoms with E-state index in [1.807, 2.05) is 0 Å². The Bertz CT molecular complexity index is 609. The normalized spacial score (nSPS) is 18.4. The molecule has 20 heteroatoms. The van der Waals surface area contributed by atoms with Crippen LogP contribution in [0.5, 0.6) is 0 Å². The summed E-state index contributed by atoms with van der Waals surface area (Å²) in [6, 6.07) is 0. The SMILES string of the molecule is OCC(F)(F)C(F)(F)C(F)(C(F)(F)F)C(F)(F)C(F)(F)C(F)(C(F)(F)F)C(F)(F)F. The highest BCUT2D eigenvalue weighted by Crippen LogP contribution is 2.67. The summed E-state index contributed by atoms with van der Waals surface area (Å²) in [7, 11) is 0. The van der Waals surface area contributed by atoms with Crippen molar-refractivity contribution < 1.29 is 88.5 Å². The van der Waals surface area contributed by atoms with Gasteiger partial charge in [-0.15, -0.1) is 0 Å². The van der Waals surface area contributed by atoms with Crippen molar-refractivity contribution in [1.29, 1.82) is 0 Å². The second-order valence-corrected chi connectivity index (χ2v) is 5.40. The molecule has 0 aromatic rings. The molecular weight excluding hydrogens is 497 g/mol. The van der Waals surface area contributed by atoms with E-state index in [-0.39, 0.29) is 0 Å². The van der Waals surface area contributed by atoms with E-state index in [0.29, 0.717) is 0 Å². The lowest BCUT2D eigenvalue weighted by atomic mass is 9.77. The van der Waals surface area contributed by atoms with Gasteiger partial charge < -0.3 is 5.11 Å². The van der Waals surface area contributed by atoms with E-state index < -0.39 is 60.2 Å². The Labute approximate surface area is 150 Å². The second-order valence-electron chi connectivity index (χ2n) is 5.40. The molecule has 1 atom stereocenters. The molecule has 182 valence electrons. The largest absolute Gasteiger partial charge is 0.438 e. The third kappa shape index (κ3) is 3.23. The number of aliphatic hydroxyl groups is 1. The van der Waals surface area contributed by atoms with Crippen LogP contribution in [0.1, 0.15) is 0 Å². The molecule has 0 aromatic carbocycles. The minimum absolute atomic E-state index is 3.75. The predicted molar refractivity (Wildman–Crippen MR) is 52.7 cm³/mol. The first kappa shape index (κ1) is 28.6. The van der Waals surface area contributed by atoms with Crippen molar-refractivity contribution in [2.24, 2.45) is 0 Å². The van der Waals surface area contributed by atoms with Gasteiger partial charge in [-0.25, -0.2) is 8.78 Å². The summed E-state index contributed by atoms with van der Waals surface area (Å²) >= 11 is 0. The Kier molecular flexibility index (Phi) is 6.50. The maximum absolute atomic E-state index is 13.7. The summed E-state index contributed by atoms with van der Waals surface area (Å²) in [5.41, 5.74) is -17.8. The van der Waals surface area contributed by atoms with Crippen molar-refractivity contribution >= 4 is 0 Å². The molecule has 1 nitrogen and oxygen atoms in total. The van der Waals surface area contributed by atoms with Crippen molar-refractivity contribution in [2.45, 2.75) is 53.6 Å². The van der Waals surface area contributed by atoms with Crippen LogP contribution in [0.2, 0.25) is 0 Å². The van der Waals surface area contributed by atoms with Gasteiger partial charge in [0.05, 0.1) is 0 Å². The van der Waals surface area contributed by atoms with Gasteiger partial charge in [0.25, 0.3) is 0 Å². The van der Waals surface area contributed by atoms with Gasteiger partial charge in [0.15, 0.2) is 0 Å². The van der Waals surface area contributed by atoms with Crippen LogP contribution in [0.15, 0.2) is 0 Å². The zero-order valence-electron chi connectivity index (χ0n) is 12.8. The lowest BCUT2D eigenvalue weighted by molar-refractivity contribution is -0.476. The Hall–Kier alpha value is -1.37. The minimum Gasteiger partial charge on any atom is -0.390 e. The maximum Gasteiger partial charge on any atom is 0.438 e. The molecule has 1 unspecified atom stereocenters. The third-order valence-electron chi connectivity index (χ3n) is 3.52. The van der Waals surface area contributed by atoms with E-state index in [9.17, 15) is 83.4 Å². The first-order valence-corrected chi connectivity index (χ1v) is 6.26. The number of hydrogen-bond donors (Lipinski definition) is 1. The number of alkyl halides is 19. The van der Waals surface area contributed by atoms with Gasteiger partial charge >= 0.3 is 53.6 Å². The van der Waals surface area contributed by atoms with Crippen LogP contribution in [0, 0.1) is 0 Å². The maximum atomic E-state index is 13.7. The van der Waals surface area contributed by atoms with E-state index >= 15 is 0 Å². The molecule has 0 heterocycles. The van der Waals surface area contributed by atoms with Gasteiger partial charge in [-0.05, 0) is 0 Å². The van der Waals surface area contributed by atoms with E-state index in [0.717, 1.165) is 0 Å². The topological polar surface area (TPSA) is 20.2 Å². The van der Waals surface area contributed by atoms with Crippen LogP contribution in [0.3, 0.4) is 0 Å². The van der Waals surface area contributed by atoms with Crippen LogP contribution in [0.25, 0.3) is 0 Å². The number of rotatable bonds is 6. The van der Waals surface area contributed by atoms with Crippen LogP contribution in [-0.4, -0.2) is 65.3 Å². The summed E-state index contributed by atoms with van der Waals surface area (Å²) in [6.07, 6.45) is -25.2. The van der Waals surface area contributed by atoms with E-state index in [1.54, 1.807) is 0 Å². The van der Waals surface area contributed by atoms with Gasteiger partial charge in [-0.3, -0.25) is 0 Å². The molecular formula is C10H3F19O. The highest BCUT2D eigenvalue weighted by Gasteiger charge is 3.00. The molecule has 0 amide bonds. The first-order valence-electron chi connectivity index (χ1n) is 6.26. The molecule has 0 aromatic heterocycles. The number of hydrogen-bond acceptors (Lipinski definition) is 1. The van der Waals surface area contributed by atoms with Gasteiger partial charge in [0, 0.05) is 0 Å². The zero-order valence-corrected chi connectivity index (χ0v) is 12.8. The van der Waals surface area contributed by atoms with Gasteiger partial charge in [0.1, 0.15) is 6.61 Å². The van der Waals surface area contributed by atoms with Gasteiger partial charge in [-0.2, -0.15) is 74.6 Å². The van der Waals surface area contributed by atoms with Crippen LogP contribution in [-0.2, 0) is 0 Å². The summed E-state index contributed by atoms with van der Waals surface area (Å²) in [6.45, 7) is -3.75. The van der Waals surface area contributed by atoms with Crippen molar-refractivity contribution in [2.75, 3.05) is 6.61 Å². The predicted octanol–water partition coefficient (Wildman–Crippen LogP) is 5.62. The van der Waals surface area contributed by atoms with Crippen molar-refractivity contribution in [3.05, 3.63) is 0 Å². The molecule has 1 N–H and O–H groups in total. The quantitative estimate of drug-likeness (QED) is 0.470. The fraction of sp³-hybridized carbons (Fsp3) is 1.00. The van der Waals surface area contributed by atoms with Crippen LogP contribution < -0.4 is 0 Å². The standard InChI is InChI=1S/C10H3F19O/c11-2(12,1-30)5(15,16)3(13,8(21,22)23)6(17,18)7(19,20)4(14,9(24,25)26)10(27,28)29/h30H,1H2. The molecule has 0 aliphatic carbocycles. The summed E-state index contributed by atoms with van der Waals surface area (Å²) in [4.78, 5) is 0. The van der Waals surface area contributed by atoms with Gasteiger partial charge in [-0.1, -0.05) is 0 Å². The van der Waals surface area contributed by atoms with Crippen molar-refractivity contribution in [3.63, 3.8) is 0 Å². The van der Waals surface area contributed by atoms with E-state index in [1.165, 1.54) is 0 Å². The molecule has 0 saturated heterocycles. The molecule has 0 saturated carbocycles. The molecule has 0 fully saturated rings. The van der Waals surface area contributed by atoms with Crippen LogP contribution >= 0.6 is 0 Å². The fourth-order valence-electron chi connectivity index (χ4n) is 1.85. The lowest BCUT2D eigenvalue weighted by Gasteiger charge is -2.47. The number of aliphatic hydroxyl groups excluding tert-OH is 1. The third-order valence-corrected chi connectivity index (χ3v) is 3.52. The Morgan fingerprint density at radius 2 is 0.600 bits per heavy atom. The molecule has 0 rings (SSSR count). The zero-order chi connectivity index (χ0) is 25.2. The Morgan fingerprint density at radius 3 is 0.800 bits per heavy atom. The average molecular weight is 500 g/mol. The Morgan fingerprint density at radius 1 is 0.367 bits per heavy atom. The molecule has 0 aliphatic rings. The smallest absolute Gasteiger partial charge is 0.390 e. The highest BCUT2D eigenvalue weighted by atomic mass is 19.4. The summed E-state index contributed by atoms with van der Waals surface area (Å²) < 4.78 is 244. The van der Waals surface area contributed by atoms with E-state index in [2.05, 4.69) is 0 Å². The van der Waals surface area contributed by atoms with Crippen molar-refractivity contribution in [1.82, 2.24) is 0 Å².